The maximum Gasteiger partial charge on any atom is 0.320 e. The Hall–Kier alpha value is -1.40. The van der Waals surface area contributed by atoms with Crippen molar-refractivity contribution in [2.24, 2.45) is 0 Å². The third-order valence-electron chi connectivity index (χ3n) is 2.62. The first-order valence-electron chi connectivity index (χ1n) is 5.97. The molecular formula is C13H13ClO5S. The molecule has 0 aliphatic carbocycles. The van der Waals surface area contributed by atoms with E-state index < -0.39 is 17.2 Å². The van der Waals surface area contributed by atoms with E-state index in [2.05, 4.69) is 0 Å². The quantitative estimate of drug-likeness (QED) is 0.840. The molecule has 0 bridgehead atoms. The molecule has 0 radical (unpaired) electrons. The monoisotopic (exact) mass is 316 g/mol. The lowest BCUT2D eigenvalue weighted by atomic mass is 10.3. The molecule has 0 spiro atoms. The van der Waals surface area contributed by atoms with Crippen molar-refractivity contribution in [3.63, 3.8) is 0 Å². The number of carbonyl (C=O) groups is 2. The van der Waals surface area contributed by atoms with Crippen LogP contribution in [-0.2, 0) is 14.3 Å². The molecule has 1 heterocycles. The summed E-state index contributed by atoms with van der Waals surface area (Å²) in [6.07, 6.45) is -0.595. The highest BCUT2D eigenvalue weighted by molar-refractivity contribution is 8.00. The molecule has 0 amide bonds. The van der Waals surface area contributed by atoms with Crippen molar-refractivity contribution < 1.29 is 24.2 Å². The molecule has 2 unspecified atom stereocenters. The number of hydrogen-bond donors (Lipinski definition) is 1. The fraction of sp³-hybridized carbons (Fsp3) is 0.385. The summed E-state index contributed by atoms with van der Waals surface area (Å²) in [6.45, 7) is 0.221. The summed E-state index contributed by atoms with van der Waals surface area (Å²) in [6, 6.07) is 6.94. The normalized spacial score (nSPS) is 22.1. The van der Waals surface area contributed by atoms with E-state index in [4.69, 9.17) is 26.2 Å². The number of hydrogen-bond acceptors (Lipinski definition) is 5. The number of thioether (sulfide) groups is 1. The van der Waals surface area contributed by atoms with Gasteiger partial charge in [0.15, 0.2) is 0 Å². The Bertz CT molecular complexity index is 507. The van der Waals surface area contributed by atoms with Crippen LogP contribution in [0.25, 0.3) is 0 Å². The first kappa shape index (κ1) is 15.0. The van der Waals surface area contributed by atoms with Gasteiger partial charge in [0.25, 0.3) is 0 Å². The first-order valence-corrected chi connectivity index (χ1v) is 7.39. The lowest BCUT2D eigenvalue weighted by molar-refractivity contribution is -0.152. The zero-order chi connectivity index (χ0) is 14.5. The Kier molecular flexibility index (Phi) is 5.14. The molecule has 2 rings (SSSR count). The molecule has 0 aromatic heterocycles. The van der Waals surface area contributed by atoms with E-state index in [9.17, 15) is 9.59 Å². The van der Waals surface area contributed by atoms with E-state index >= 15 is 0 Å². The zero-order valence-corrected chi connectivity index (χ0v) is 12.0. The molecule has 2 atom stereocenters. The number of benzene rings is 1. The van der Waals surface area contributed by atoms with Gasteiger partial charge in [0.05, 0.1) is 6.42 Å². The molecule has 1 aliphatic rings. The molecule has 5 nitrogen and oxygen atoms in total. The maximum absolute atomic E-state index is 11.6. The van der Waals surface area contributed by atoms with E-state index in [1.165, 1.54) is 11.8 Å². The van der Waals surface area contributed by atoms with E-state index in [0.29, 0.717) is 16.5 Å². The minimum atomic E-state index is -1.01. The summed E-state index contributed by atoms with van der Waals surface area (Å²) in [5.74, 6) is -0.382. The fourth-order valence-corrected chi connectivity index (χ4v) is 2.94. The second-order valence-corrected chi connectivity index (χ2v) is 5.92. The van der Waals surface area contributed by atoms with Crippen molar-refractivity contribution in [2.45, 2.75) is 17.8 Å². The Morgan fingerprint density at radius 2 is 2.35 bits per heavy atom. The number of carboxylic acids is 1. The van der Waals surface area contributed by atoms with Gasteiger partial charge < -0.3 is 14.6 Å². The molecule has 1 aliphatic heterocycles. The van der Waals surface area contributed by atoms with Gasteiger partial charge in [-0.15, -0.1) is 11.8 Å². The Morgan fingerprint density at radius 1 is 1.55 bits per heavy atom. The molecule has 20 heavy (non-hydrogen) atoms. The van der Waals surface area contributed by atoms with E-state index in [1.54, 1.807) is 24.3 Å². The highest BCUT2D eigenvalue weighted by Crippen LogP contribution is 2.25. The van der Waals surface area contributed by atoms with Crippen LogP contribution < -0.4 is 4.74 Å². The largest absolute Gasteiger partial charge is 0.490 e. The molecule has 7 heteroatoms. The minimum absolute atomic E-state index is 0.217. The van der Waals surface area contributed by atoms with Crippen LogP contribution in [0.3, 0.4) is 0 Å². The van der Waals surface area contributed by atoms with Crippen LogP contribution in [0, 0.1) is 0 Å². The Labute approximate surface area is 125 Å². The predicted molar refractivity (Wildman–Crippen MR) is 75.3 cm³/mol. The second-order valence-electron chi connectivity index (χ2n) is 4.25. The number of rotatable bonds is 5. The molecule has 0 saturated carbocycles. The van der Waals surface area contributed by atoms with Crippen molar-refractivity contribution in [2.75, 3.05) is 12.4 Å². The third-order valence-corrected chi connectivity index (χ3v) is 4.18. The van der Waals surface area contributed by atoms with Crippen LogP contribution in [0.2, 0.25) is 5.02 Å². The highest BCUT2D eigenvalue weighted by atomic mass is 35.5. The molecule has 1 fully saturated rings. The van der Waals surface area contributed by atoms with Gasteiger partial charge in [-0.1, -0.05) is 17.7 Å². The Morgan fingerprint density at radius 3 is 3.00 bits per heavy atom. The summed E-state index contributed by atoms with van der Waals surface area (Å²) >= 11 is 7.12. The van der Waals surface area contributed by atoms with E-state index in [1.807, 2.05) is 0 Å². The molecule has 1 N–H and O–H groups in total. The summed E-state index contributed by atoms with van der Waals surface area (Å²) < 4.78 is 10.7. The van der Waals surface area contributed by atoms with Crippen LogP contribution in [0.1, 0.15) is 6.42 Å². The van der Waals surface area contributed by atoms with E-state index in [0.717, 1.165) is 0 Å². The molecular weight excluding hydrogens is 304 g/mol. The van der Waals surface area contributed by atoms with Crippen LogP contribution in [0.5, 0.6) is 5.75 Å². The number of esters is 1. The number of carbonyl (C=O) groups excluding carboxylic acids is 1. The van der Waals surface area contributed by atoms with Gasteiger partial charge >= 0.3 is 11.9 Å². The topological polar surface area (TPSA) is 72.8 Å². The maximum atomic E-state index is 11.6. The molecule has 1 saturated heterocycles. The second kappa shape index (κ2) is 6.85. The van der Waals surface area contributed by atoms with Gasteiger partial charge in [0.2, 0.25) is 0 Å². The molecule has 1 aromatic rings. The van der Waals surface area contributed by atoms with Crippen LogP contribution in [0.15, 0.2) is 24.3 Å². The van der Waals surface area contributed by atoms with Gasteiger partial charge in [-0.25, -0.2) is 0 Å². The fourth-order valence-electron chi connectivity index (χ4n) is 1.69. The average molecular weight is 317 g/mol. The number of cyclic esters (lactones) is 1. The molecule has 1 aromatic carbocycles. The SMILES string of the molecule is O=C(O)CC1SCC(COc2cccc(Cl)c2)OC1=O. The highest BCUT2D eigenvalue weighted by Gasteiger charge is 2.32. The number of ether oxygens (including phenoxy) is 2. The van der Waals surface area contributed by atoms with Crippen molar-refractivity contribution in [3.05, 3.63) is 29.3 Å². The molecule has 108 valence electrons. The lowest BCUT2D eigenvalue weighted by Gasteiger charge is -2.26. The van der Waals surface area contributed by atoms with Crippen molar-refractivity contribution in [1.82, 2.24) is 0 Å². The minimum Gasteiger partial charge on any atom is -0.490 e. The number of halogens is 1. The number of carboxylic acid groups (broad SMARTS) is 1. The summed E-state index contributed by atoms with van der Waals surface area (Å²) in [5, 5.41) is 8.61. The van der Waals surface area contributed by atoms with Crippen molar-refractivity contribution in [3.8, 4) is 5.75 Å². The Balaban J connectivity index is 1.81. The van der Waals surface area contributed by atoms with Gasteiger partial charge in [-0.3, -0.25) is 9.59 Å². The first-order chi connectivity index (χ1) is 9.54. The number of aliphatic carboxylic acids is 1. The average Bonchev–Trinajstić information content (AvgIpc) is 2.39. The van der Waals surface area contributed by atoms with Gasteiger partial charge in [0.1, 0.15) is 23.7 Å². The van der Waals surface area contributed by atoms with Crippen LogP contribution in [-0.4, -0.2) is 40.8 Å². The van der Waals surface area contributed by atoms with Crippen molar-refractivity contribution >= 4 is 35.3 Å². The lowest BCUT2D eigenvalue weighted by Crippen LogP contribution is -2.38. The smallest absolute Gasteiger partial charge is 0.320 e. The van der Waals surface area contributed by atoms with Crippen LogP contribution in [0.4, 0.5) is 0 Å². The van der Waals surface area contributed by atoms with Crippen LogP contribution >= 0.6 is 23.4 Å². The van der Waals surface area contributed by atoms with Gasteiger partial charge in [-0.05, 0) is 18.2 Å². The van der Waals surface area contributed by atoms with Crippen molar-refractivity contribution in [1.29, 1.82) is 0 Å². The predicted octanol–water partition coefficient (Wildman–Crippen LogP) is 2.22. The van der Waals surface area contributed by atoms with Gasteiger partial charge in [0, 0.05) is 10.8 Å². The summed E-state index contributed by atoms with van der Waals surface area (Å²) in [4.78, 5) is 22.2. The zero-order valence-electron chi connectivity index (χ0n) is 10.5. The third kappa shape index (κ3) is 4.31. The standard InChI is InChI=1S/C13H13ClO5S/c14-8-2-1-3-9(4-8)18-6-10-7-20-11(5-12(15)16)13(17)19-10/h1-4,10-11H,5-7H2,(H,15,16). The summed E-state index contributed by atoms with van der Waals surface area (Å²) in [5.41, 5.74) is 0. The van der Waals surface area contributed by atoms with Gasteiger partial charge in [-0.2, -0.15) is 0 Å². The van der Waals surface area contributed by atoms with E-state index in [-0.39, 0.29) is 19.1 Å². The summed E-state index contributed by atoms with van der Waals surface area (Å²) in [7, 11) is 0.